The van der Waals surface area contributed by atoms with Crippen LogP contribution in [0.5, 0.6) is 5.88 Å². The number of fused-ring (bicyclic) bond motifs is 1. The molecule has 3 atom stereocenters. The number of halogens is 1. The van der Waals surface area contributed by atoms with Gasteiger partial charge in [-0.15, -0.1) is 0 Å². The molecule has 2 aromatic rings. The van der Waals surface area contributed by atoms with Crippen LogP contribution in [0.15, 0.2) is 36.4 Å². The number of hydrogen-bond donors (Lipinski definition) is 1. The van der Waals surface area contributed by atoms with Crippen LogP contribution in [0.4, 0.5) is 4.39 Å². The van der Waals surface area contributed by atoms with E-state index in [4.69, 9.17) is 15.5 Å². The number of nitrogens with two attached hydrogens (primary N) is 1. The Kier molecular flexibility index (Phi) is 4.51. The van der Waals surface area contributed by atoms with Crippen molar-refractivity contribution in [2.24, 2.45) is 17.1 Å². The summed E-state index contributed by atoms with van der Waals surface area (Å²) in [4.78, 5) is 7.24. The molecular weight excluding hydrogens is 353 g/mol. The Labute approximate surface area is 166 Å². The van der Waals surface area contributed by atoms with Crippen molar-refractivity contribution in [2.75, 3.05) is 13.1 Å². The van der Waals surface area contributed by atoms with E-state index in [1.165, 1.54) is 12.1 Å². The Hall–Kier alpha value is -1.98. The van der Waals surface area contributed by atoms with Gasteiger partial charge in [0.1, 0.15) is 11.9 Å². The van der Waals surface area contributed by atoms with Gasteiger partial charge in [0.15, 0.2) is 0 Å². The third kappa shape index (κ3) is 3.42. The predicted molar refractivity (Wildman–Crippen MR) is 110 cm³/mol. The molecule has 1 aromatic carbocycles. The Balaban J connectivity index is 1.61. The number of benzene rings is 1. The highest BCUT2D eigenvalue weighted by Gasteiger charge is 2.68. The highest BCUT2D eigenvalue weighted by Crippen LogP contribution is 2.59. The largest absolute Gasteiger partial charge is 0.473 e. The highest BCUT2D eigenvalue weighted by molar-refractivity contribution is 5.61. The van der Waals surface area contributed by atoms with Gasteiger partial charge in [0.2, 0.25) is 5.88 Å². The molecule has 1 aliphatic heterocycles. The van der Waals surface area contributed by atoms with E-state index in [1.54, 1.807) is 12.1 Å². The van der Waals surface area contributed by atoms with E-state index < -0.39 is 5.54 Å². The molecule has 4 nitrogen and oxygen atoms in total. The van der Waals surface area contributed by atoms with Gasteiger partial charge in [0.25, 0.3) is 0 Å². The summed E-state index contributed by atoms with van der Waals surface area (Å²) in [6.07, 6.45) is 0.187. The summed E-state index contributed by atoms with van der Waals surface area (Å²) in [5.41, 5.74) is 8.60. The van der Waals surface area contributed by atoms with Crippen molar-refractivity contribution < 1.29 is 9.13 Å². The van der Waals surface area contributed by atoms with E-state index in [2.05, 4.69) is 25.7 Å². The van der Waals surface area contributed by atoms with E-state index in [1.807, 2.05) is 26.0 Å². The van der Waals surface area contributed by atoms with Gasteiger partial charge in [-0.25, -0.2) is 9.37 Å². The average Bonchev–Trinajstić information content (AvgIpc) is 2.97. The summed E-state index contributed by atoms with van der Waals surface area (Å²) in [6.45, 7) is 12.9. The first-order valence-electron chi connectivity index (χ1n) is 10.1. The lowest BCUT2D eigenvalue weighted by Gasteiger charge is -2.26. The third-order valence-corrected chi connectivity index (χ3v) is 6.39. The normalized spacial score (nSPS) is 27.1. The molecule has 1 saturated heterocycles. The smallest absolute Gasteiger partial charge is 0.214 e. The van der Waals surface area contributed by atoms with Crippen LogP contribution >= 0.6 is 0 Å². The number of likely N-dealkylation sites (tertiary alicyclic amines) is 1. The number of aromatic nitrogens is 1. The van der Waals surface area contributed by atoms with Crippen LogP contribution in [0.3, 0.4) is 0 Å². The van der Waals surface area contributed by atoms with E-state index in [-0.39, 0.29) is 17.3 Å². The zero-order chi connectivity index (χ0) is 20.3. The molecule has 0 amide bonds. The van der Waals surface area contributed by atoms with Crippen molar-refractivity contribution in [3.63, 3.8) is 0 Å². The molecule has 150 valence electrons. The lowest BCUT2D eigenvalue weighted by molar-refractivity contribution is 0.156. The van der Waals surface area contributed by atoms with E-state index in [0.717, 1.165) is 29.9 Å². The van der Waals surface area contributed by atoms with E-state index in [0.29, 0.717) is 17.8 Å². The monoisotopic (exact) mass is 383 g/mol. The molecule has 0 radical (unpaired) electrons. The van der Waals surface area contributed by atoms with Crippen LogP contribution in [0.1, 0.15) is 40.2 Å². The maximum Gasteiger partial charge on any atom is 0.214 e. The number of piperidine rings is 1. The first kappa shape index (κ1) is 19.3. The molecular formula is C23H30FN3O. The first-order chi connectivity index (χ1) is 13.1. The maximum absolute atomic E-state index is 13.3. The third-order valence-electron chi connectivity index (χ3n) is 6.39. The fourth-order valence-corrected chi connectivity index (χ4v) is 4.33. The van der Waals surface area contributed by atoms with Gasteiger partial charge in [0.05, 0.1) is 5.69 Å². The van der Waals surface area contributed by atoms with Gasteiger partial charge in [-0.2, -0.15) is 0 Å². The number of pyridine rings is 1. The minimum absolute atomic E-state index is 0.187. The summed E-state index contributed by atoms with van der Waals surface area (Å²) < 4.78 is 19.7. The Morgan fingerprint density at radius 1 is 1.25 bits per heavy atom. The Morgan fingerprint density at radius 3 is 2.46 bits per heavy atom. The maximum atomic E-state index is 13.3. The number of rotatable bonds is 5. The van der Waals surface area contributed by atoms with Crippen LogP contribution in [0.25, 0.3) is 11.3 Å². The van der Waals surface area contributed by atoms with E-state index >= 15 is 0 Å². The van der Waals surface area contributed by atoms with Gasteiger partial charge in [0, 0.05) is 47.6 Å². The van der Waals surface area contributed by atoms with Crippen molar-refractivity contribution in [1.82, 2.24) is 9.88 Å². The molecule has 2 N–H and O–H groups in total. The predicted octanol–water partition coefficient (Wildman–Crippen LogP) is 4.19. The van der Waals surface area contributed by atoms with Crippen LogP contribution in [0.2, 0.25) is 0 Å². The minimum atomic E-state index is -0.520. The lowest BCUT2D eigenvalue weighted by Crippen LogP contribution is -2.35. The van der Waals surface area contributed by atoms with Crippen LogP contribution < -0.4 is 10.5 Å². The summed E-state index contributed by atoms with van der Waals surface area (Å²) in [6, 6.07) is 10.9. The highest BCUT2D eigenvalue weighted by atomic mass is 19.1. The standard InChI is InChI=1S/C23H30FN3O/c1-14(2)27-12-18-21(23(18,5)13-27)28-20-11-16(22(3,4)25)10-19(26-20)15-6-8-17(24)9-7-15/h6-11,14,18,21H,12-13,25H2,1-5H3/t18-,21-,23-/m0/s1. The second kappa shape index (κ2) is 6.53. The fraction of sp³-hybridized carbons (Fsp3) is 0.522. The molecule has 1 aliphatic carbocycles. The van der Waals surface area contributed by atoms with Crippen molar-refractivity contribution in [3.05, 3.63) is 47.8 Å². The molecule has 1 saturated carbocycles. The zero-order valence-corrected chi connectivity index (χ0v) is 17.4. The van der Waals surface area contributed by atoms with Gasteiger partial charge in [-0.1, -0.05) is 6.92 Å². The van der Waals surface area contributed by atoms with Crippen molar-refractivity contribution in [2.45, 2.75) is 52.3 Å². The molecule has 0 bridgehead atoms. The van der Waals surface area contributed by atoms with E-state index in [9.17, 15) is 4.39 Å². The number of nitrogens with zero attached hydrogens (tertiary/aromatic N) is 2. The van der Waals surface area contributed by atoms with Crippen molar-refractivity contribution in [3.8, 4) is 17.1 Å². The Bertz CT molecular complexity index is 874. The van der Waals surface area contributed by atoms with Crippen LogP contribution in [0, 0.1) is 17.2 Å². The summed E-state index contributed by atoms with van der Waals surface area (Å²) in [5.74, 6) is 0.886. The SMILES string of the molecule is CC(C)N1C[C@H]2[C@H](Oc3cc(C(C)(C)N)cc(-c4ccc(F)cc4)n3)[C@@]2(C)C1. The molecule has 1 aromatic heterocycles. The van der Waals surface area contributed by atoms with Crippen molar-refractivity contribution in [1.29, 1.82) is 0 Å². The quantitative estimate of drug-likeness (QED) is 0.841. The average molecular weight is 384 g/mol. The van der Waals surface area contributed by atoms with Crippen molar-refractivity contribution >= 4 is 0 Å². The number of ether oxygens (including phenoxy) is 1. The topological polar surface area (TPSA) is 51.4 Å². The van der Waals surface area contributed by atoms with Crippen LogP contribution in [-0.2, 0) is 5.54 Å². The number of hydrogen-bond acceptors (Lipinski definition) is 4. The Morgan fingerprint density at radius 2 is 1.93 bits per heavy atom. The van der Waals surface area contributed by atoms with Gasteiger partial charge in [-0.05, 0) is 63.6 Å². The molecule has 2 aliphatic rings. The summed E-state index contributed by atoms with van der Waals surface area (Å²) >= 11 is 0. The zero-order valence-electron chi connectivity index (χ0n) is 17.4. The van der Waals surface area contributed by atoms with Gasteiger partial charge >= 0.3 is 0 Å². The molecule has 4 rings (SSSR count). The molecule has 0 spiro atoms. The first-order valence-corrected chi connectivity index (χ1v) is 10.1. The lowest BCUT2D eigenvalue weighted by atomic mass is 9.95. The fourth-order valence-electron chi connectivity index (χ4n) is 4.33. The van der Waals surface area contributed by atoms with Gasteiger partial charge < -0.3 is 10.5 Å². The molecule has 5 heteroatoms. The molecule has 28 heavy (non-hydrogen) atoms. The summed E-state index contributed by atoms with van der Waals surface area (Å²) in [5, 5.41) is 0. The summed E-state index contributed by atoms with van der Waals surface area (Å²) in [7, 11) is 0. The molecule has 2 heterocycles. The molecule has 0 unspecified atom stereocenters. The van der Waals surface area contributed by atoms with Gasteiger partial charge in [-0.3, -0.25) is 4.90 Å². The second-order valence-electron chi connectivity index (χ2n) is 9.48. The van der Waals surface area contributed by atoms with Crippen LogP contribution in [-0.4, -0.2) is 35.1 Å². The second-order valence-corrected chi connectivity index (χ2v) is 9.48. The molecule has 2 fully saturated rings. The minimum Gasteiger partial charge on any atom is -0.473 e.